The molecule has 1 aliphatic rings. The number of Topliss-reactive ketones (excluding diaryl/α,β-unsaturated/α-hetero) is 1. The summed E-state index contributed by atoms with van der Waals surface area (Å²) in [6, 6.07) is 0. The van der Waals surface area contributed by atoms with Gasteiger partial charge in [-0.25, -0.2) is 0 Å². The van der Waals surface area contributed by atoms with E-state index in [2.05, 4.69) is 13.8 Å². The molecule has 0 aromatic rings. The van der Waals surface area contributed by atoms with Gasteiger partial charge in [0.1, 0.15) is 5.78 Å². The summed E-state index contributed by atoms with van der Waals surface area (Å²) in [4.78, 5) is 10.9. The fourth-order valence-corrected chi connectivity index (χ4v) is 1.64. The maximum atomic E-state index is 10.9. The highest BCUT2D eigenvalue weighted by atomic mass is 16.1. The first-order chi connectivity index (χ1) is 4.75. The minimum atomic E-state index is 0.431. The molecule has 1 nitrogen and oxygen atoms in total. The van der Waals surface area contributed by atoms with Crippen LogP contribution in [0.5, 0.6) is 0 Å². The van der Waals surface area contributed by atoms with Gasteiger partial charge in [0.05, 0.1) is 0 Å². The second-order valence-corrected chi connectivity index (χ2v) is 3.40. The van der Waals surface area contributed by atoms with E-state index in [1.165, 1.54) is 12.8 Å². The highest BCUT2D eigenvalue weighted by molar-refractivity contribution is 5.87. The van der Waals surface area contributed by atoms with Gasteiger partial charge in [0.2, 0.25) is 0 Å². The number of hydrogen-bond donors (Lipinski definition) is 0. The largest absolute Gasteiger partial charge is 0.299 e. The van der Waals surface area contributed by atoms with E-state index in [0.29, 0.717) is 17.6 Å². The van der Waals surface area contributed by atoms with Gasteiger partial charge in [-0.05, 0) is 12.3 Å². The summed E-state index contributed by atoms with van der Waals surface area (Å²) in [7, 11) is 0. The van der Waals surface area contributed by atoms with Crippen LogP contribution in [0.25, 0.3) is 0 Å². The van der Waals surface area contributed by atoms with E-state index in [0.717, 1.165) is 12.8 Å². The molecule has 0 N–H and O–H groups in total. The van der Waals surface area contributed by atoms with Crippen LogP contribution in [0, 0.1) is 11.8 Å². The Hall–Kier alpha value is -0.330. The summed E-state index contributed by atoms with van der Waals surface area (Å²) in [5, 5.41) is 0. The quantitative estimate of drug-likeness (QED) is 0.588. The first kappa shape index (κ1) is 7.77. The molecule has 1 rings (SSSR count). The Morgan fingerprint density at radius 2 is 2.30 bits per heavy atom. The lowest BCUT2D eigenvalue weighted by atomic mass is 9.71. The van der Waals surface area contributed by atoms with E-state index in [9.17, 15) is 4.79 Å². The third kappa shape index (κ3) is 1.39. The zero-order valence-corrected chi connectivity index (χ0v) is 6.89. The average Bonchev–Trinajstić information content (AvgIpc) is 1.89. The van der Waals surface area contributed by atoms with Crippen molar-refractivity contribution < 1.29 is 4.79 Å². The predicted octanol–water partition coefficient (Wildman–Crippen LogP) is 2.40. The van der Waals surface area contributed by atoms with Gasteiger partial charge in [0, 0.05) is 12.3 Å². The molecule has 10 heavy (non-hydrogen) atoms. The molecule has 1 fully saturated rings. The maximum Gasteiger partial charge on any atom is 0.136 e. The van der Waals surface area contributed by atoms with Crippen LogP contribution in [0.15, 0.2) is 0 Å². The Bertz CT molecular complexity index is 129. The van der Waals surface area contributed by atoms with Crippen molar-refractivity contribution in [2.45, 2.75) is 39.5 Å². The Kier molecular flexibility index (Phi) is 2.47. The summed E-state index contributed by atoms with van der Waals surface area (Å²) in [5.74, 6) is 1.61. The molecule has 1 saturated carbocycles. The van der Waals surface area contributed by atoms with Crippen LogP contribution in [0.4, 0.5) is 0 Å². The molecule has 0 radical (unpaired) electrons. The zero-order chi connectivity index (χ0) is 7.56. The molecule has 58 valence electrons. The Morgan fingerprint density at radius 1 is 1.60 bits per heavy atom. The van der Waals surface area contributed by atoms with Crippen LogP contribution in [0.2, 0.25) is 0 Å². The van der Waals surface area contributed by atoms with Gasteiger partial charge in [0.25, 0.3) is 0 Å². The second-order valence-electron chi connectivity index (χ2n) is 3.40. The third-order valence-electron chi connectivity index (χ3n) is 2.49. The van der Waals surface area contributed by atoms with Gasteiger partial charge in [-0.2, -0.15) is 0 Å². The molecule has 0 amide bonds. The van der Waals surface area contributed by atoms with Gasteiger partial charge in [0.15, 0.2) is 0 Å². The summed E-state index contributed by atoms with van der Waals surface area (Å²) in [5.41, 5.74) is 0. The number of unbranched alkanes of at least 4 members (excludes halogenated alkanes) is 1. The van der Waals surface area contributed by atoms with Crippen LogP contribution in [-0.4, -0.2) is 5.78 Å². The zero-order valence-electron chi connectivity index (χ0n) is 6.89. The monoisotopic (exact) mass is 140 g/mol. The number of rotatable bonds is 3. The van der Waals surface area contributed by atoms with E-state index < -0.39 is 0 Å². The molecule has 1 heteroatoms. The van der Waals surface area contributed by atoms with Crippen LogP contribution in [0.1, 0.15) is 39.5 Å². The standard InChI is InChI=1S/C9H16O/c1-3-4-5-8-7(2)6-9(8)10/h7-8H,3-6H2,1-2H3/t7-,8+/m0/s1. The minimum absolute atomic E-state index is 0.431. The molecule has 0 spiro atoms. The third-order valence-corrected chi connectivity index (χ3v) is 2.49. The van der Waals surface area contributed by atoms with Crippen molar-refractivity contribution in [3.05, 3.63) is 0 Å². The first-order valence-electron chi connectivity index (χ1n) is 4.28. The normalized spacial score (nSPS) is 32.0. The van der Waals surface area contributed by atoms with Gasteiger partial charge in [-0.3, -0.25) is 4.79 Å². The maximum absolute atomic E-state index is 10.9. The summed E-state index contributed by atoms with van der Waals surface area (Å²) in [6.45, 7) is 4.36. The van der Waals surface area contributed by atoms with Crippen molar-refractivity contribution >= 4 is 5.78 Å². The fraction of sp³-hybridized carbons (Fsp3) is 0.889. The lowest BCUT2D eigenvalue weighted by Gasteiger charge is -2.31. The molecule has 2 atom stereocenters. The molecule has 1 aliphatic carbocycles. The van der Waals surface area contributed by atoms with E-state index >= 15 is 0 Å². The molecule has 0 heterocycles. The smallest absolute Gasteiger partial charge is 0.136 e. The number of hydrogen-bond acceptors (Lipinski definition) is 1. The summed E-state index contributed by atoms with van der Waals surface area (Å²) >= 11 is 0. The second kappa shape index (κ2) is 3.18. The van der Waals surface area contributed by atoms with E-state index in [4.69, 9.17) is 0 Å². The van der Waals surface area contributed by atoms with Gasteiger partial charge in [-0.1, -0.05) is 26.7 Å². The molecule has 0 unspecified atom stereocenters. The molecule has 0 aliphatic heterocycles. The molecule has 0 bridgehead atoms. The molecule has 0 saturated heterocycles. The van der Waals surface area contributed by atoms with Crippen molar-refractivity contribution in [1.29, 1.82) is 0 Å². The Balaban J connectivity index is 2.20. The average molecular weight is 140 g/mol. The van der Waals surface area contributed by atoms with Crippen molar-refractivity contribution in [2.24, 2.45) is 11.8 Å². The summed E-state index contributed by atoms with van der Waals surface area (Å²) < 4.78 is 0. The predicted molar refractivity (Wildman–Crippen MR) is 41.8 cm³/mol. The lowest BCUT2D eigenvalue weighted by Crippen LogP contribution is -2.34. The van der Waals surface area contributed by atoms with Gasteiger partial charge < -0.3 is 0 Å². The minimum Gasteiger partial charge on any atom is -0.299 e. The molecule has 0 aromatic heterocycles. The van der Waals surface area contributed by atoms with Gasteiger partial charge >= 0.3 is 0 Å². The fourth-order valence-electron chi connectivity index (χ4n) is 1.64. The van der Waals surface area contributed by atoms with Crippen LogP contribution < -0.4 is 0 Å². The Morgan fingerprint density at radius 3 is 2.70 bits per heavy atom. The van der Waals surface area contributed by atoms with Gasteiger partial charge in [-0.15, -0.1) is 0 Å². The first-order valence-corrected chi connectivity index (χ1v) is 4.28. The summed E-state index contributed by atoms with van der Waals surface area (Å²) in [6.07, 6.45) is 4.42. The molecular weight excluding hydrogens is 124 g/mol. The van der Waals surface area contributed by atoms with Crippen molar-refractivity contribution in [3.63, 3.8) is 0 Å². The van der Waals surface area contributed by atoms with E-state index in [1.54, 1.807) is 0 Å². The van der Waals surface area contributed by atoms with E-state index in [-0.39, 0.29) is 0 Å². The number of ketones is 1. The van der Waals surface area contributed by atoms with Crippen molar-refractivity contribution in [3.8, 4) is 0 Å². The molecular formula is C9H16O. The van der Waals surface area contributed by atoms with Crippen LogP contribution in [-0.2, 0) is 4.79 Å². The topological polar surface area (TPSA) is 17.1 Å². The highest BCUT2D eigenvalue weighted by Crippen LogP contribution is 2.33. The number of carbonyl (C=O) groups excluding carboxylic acids is 1. The highest BCUT2D eigenvalue weighted by Gasteiger charge is 2.34. The van der Waals surface area contributed by atoms with Crippen molar-refractivity contribution in [1.82, 2.24) is 0 Å². The van der Waals surface area contributed by atoms with Crippen molar-refractivity contribution in [2.75, 3.05) is 0 Å². The van der Waals surface area contributed by atoms with Crippen LogP contribution >= 0.6 is 0 Å². The Labute approximate surface area is 62.8 Å². The number of carbonyl (C=O) groups is 1. The lowest BCUT2D eigenvalue weighted by molar-refractivity contribution is -0.133. The van der Waals surface area contributed by atoms with E-state index in [1.807, 2.05) is 0 Å². The SMILES string of the molecule is CCCC[C@H]1C(=O)C[C@@H]1C. The van der Waals surface area contributed by atoms with Crippen LogP contribution in [0.3, 0.4) is 0 Å². The molecule has 0 aromatic carbocycles.